The number of rotatable bonds is 0. The summed E-state index contributed by atoms with van der Waals surface area (Å²) in [6.07, 6.45) is 1.06. The first kappa shape index (κ1) is 14.3. The molecular weight excluding hydrogens is 312 g/mol. The number of hydrogen-bond donors (Lipinski definition) is 0. The van der Waals surface area contributed by atoms with E-state index in [0.29, 0.717) is 0 Å². The Bertz CT molecular complexity index is 1220. The van der Waals surface area contributed by atoms with Gasteiger partial charge in [-0.1, -0.05) is 68.4 Å². The van der Waals surface area contributed by atoms with Gasteiger partial charge < -0.3 is 0 Å². The van der Waals surface area contributed by atoms with Crippen molar-refractivity contribution in [2.24, 2.45) is 0 Å². The first-order valence-electron chi connectivity index (χ1n) is 9.42. The topological polar surface area (TPSA) is 0 Å². The maximum Gasteiger partial charge on any atom is 0.0159 e. The van der Waals surface area contributed by atoms with Gasteiger partial charge in [0, 0.05) is 5.41 Å². The van der Waals surface area contributed by atoms with E-state index in [2.05, 4.69) is 86.6 Å². The molecule has 26 heavy (non-hydrogen) atoms. The molecule has 0 aromatic heterocycles. The lowest BCUT2D eigenvalue weighted by molar-refractivity contribution is 0.660. The van der Waals surface area contributed by atoms with Gasteiger partial charge in [0.15, 0.2) is 0 Å². The van der Waals surface area contributed by atoms with Crippen LogP contribution in [-0.4, -0.2) is 0 Å². The number of fused-ring (bicyclic) bond motifs is 7. The van der Waals surface area contributed by atoms with E-state index in [1.165, 1.54) is 55.3 Å². The molecule has 0 spiro atoms. The summed E-state index contributed by atoms with van der Waals surface area (Å²) < 4.78 is 0. The fourth-order valence-corrected chi connectivity index (χ4v) is 5.05. The summed E-state index contributed by atoms with van der Waals surface area (Å²) in [5.41, 5.74) is 11.6. The molecule has 0 heteroatoms. The maximum atomic E-state index is 2.48. The van der Waals surface area contributed by atoms with E-state index < -0.39 is 0 Å². The van der Waals surface area contributed by atoms with Crippen LogP contribution in [0.4, 0.5) is 0 Å². The van der Waals surface area contributed by atoms with Gasteiger partial charge in [-0.25, -0.2) is 0 Å². The number of hydrogen-bond acceptors (Lipinski definition) is 0. The van der Waals surface area contributed by atoms with Crippen LogP contribution in [0.5, 0.6) is 0 Å². The van der Waals surface area contributed by atoms with Crippen LogP contribution in [0.3, 0.4) is 0 Å². The van der Waals surface area contributed by atoms with Gasteiger partial charge in [0.2, 0.25) is 0 Å². The molecule has 0 atom stereocenters. The monoisotopic (exact) mass is 332 g/mol. The van der Waals surface area contributed by atoms with Gasteiger partial charge in [-0.05, 0) is 79.9 Å². The first-order valence-corrected chi connectivity index (χ1v) is 9.42. The van der Waals surface area contributed by atoms with Crippen molar-refractivity contribution < 1.29 is 0 Å². The van der Waals surface area contributed by atoms with Gasteiger partial charge in [-0.2, -0.15) is 0 Å². The molecule has 0 saturated heterocycles. The second kappa shape index (κ2) is 4.65. The zero-order valence-electron chi connectivity index (χ0n) is 15.1. The lowest BCUT2D eigenvalue weighted by atomic mass is 9.81. The summed E-state index contributed by atoms with van der Waals surface area (Å²) in [6, 6.07) is 27.3. The van der Waals surface area contributed by atoms with Crippen molar-refractivity contribution in [2.45, 2.75) is 25.7 Å². The lowest BCUT2D eigenvalue weighted by Gasteiger charge is -2.22. The molecule has 6 rings (SSSR count). The molecule has 2 aliphatic carbocycles. The highest BCUT2D eigenvalue weighted by atomic mass is 14.4. The summed E-state index contributed by atoms with van der Waals surface area (Å²) in [5.74, 6) is 0. The van der Waals surface area contributed by atoms with Gasteiger partial charge in [0.1, 0.15) is 0 Å². The highest BCUT2D eigenvalue weighted by molar-refractivity contribution is 5.95. The minimum absolute atomic E-state index is 0.0541. The van der Waals surface area contributed by atoms with Gasteiger partial charge in [0.05, 0.1) is 0 Å². The Morgan fingerprint density at radius 2 is 1.23 bits per heavy atom. The summed E-state index contributed by atoms with van der Waals surface area (Å²) >= 11 is 0. The molecule has 0 N–H and O–H groups in total. The van der Waals surface area contributed by atoms with Crippen LogP contribution < -0.4 is 0 Å². The van der Waals surface area contributed by atoms with Crippen LogP contribution in [0, 0.1) is 0 Å². The Balaban J connectivity index is 1.68. The van der Waals surface area contributed by atoms with E-state index in [1.807, 2.05) is 0 Å². The van der Waals surface area contributed by atoms with Crippen LogP contribution in [0.15, 0.2) is 72.8 Å². The molecule has 4 aromatic rings. The summed E-state index contributed by atoms with van der Waals surface area (Å²) in [4.78, 5) is 0. The molecule has 0 unspecified atom stereocenters. The fourth-order valence-electron chi connectivity index (χ4n) is 5.05. The fraction of sp³-hybridized carbons (Fsp3) is 0.154. The van der Waals surface area contributed by atoms with Crippen molar-refractivity contribution >= 4 is 10.8 Å². The lowest BCUT2D eigenvalue weighted by Crippen LogP contribution is -2.15. The molecule has 0 radical (unpaired) electrons. The first-order chi connectivity index (χ1) is 12.6. The van der Waals surface area contributed by atoms with Crippen LogP contribution in [0.2, 0.25) is 0 Å². The molecule has 124 valence electrons. The van der Waals surface area contributed by atoms with Crippen molar-refractivity contribution in [3.8, 4) is 22.3 Å². The zero-order chi connectivity index (χ0) is 17.5. The highest BCUT2D eigenvalue weighted by Crippen LogP contribution is 2.52. The minimum Gasteiger partial charge on any atom is -0.0619 e. The Kier molecular flexibility index (Phi) is 2.56. The van der Waals surface area contributed by atoms with E-state index in [4.69, 9.17) is 0 Å². The van der Waals surface area contributed by atoms with Crippen LogP contribution in [0.25, 0.3) is 33.0 Å². The largest absolute Gasteiger partial charge is 0.0619 e. The molecule has 0 bridgehead atoms. The smallest absolute Gasteiger partial charge is 0.0159 e. The van der Waals surface area contributed by atoms with Crippen LogP contribution >= 0.6 is 0 Å². The second-order valence-electron chi connectivity index (χ2n) is 8.26. The zero-order valence-corrected chi connectivity index (χ0v) is 15.1. The van der Waals surface area contributed by atoms with E-state index in [0.717, 1.165) is 6.42 Å². The third-order valence-electron chi connectivity index (χ3n) is 6.45. The molecular formula is C26H20. The quantitative estimate of drug-likeness (QED) is 0.295. The van der Waals surface area contributed by atoms with Crippen molar-refractivity contribution in [1.82, 2.24) is 0 Å². The van der Waals surface area contributed by atoms with Gasteiger partial charge in [-0.3, -0.25) is 0 Å². The molecule has 0 heterocycles. The Labute approximate surface area is 154 Å². The van der Waals surface area contributed by atoms with E-state index >= 15 is 0 Å². The summed E-state index contributed by atoms with van der Waals surface area (Å²) in [7, 11) is 0. The predicted octanol–water partition coefficient (Wildman–Crippen LogP) is 6.72. The van der Waals surface area contributed by atoms with Crippen LogP contribution in [-0.2, 0) is 11.8 Å². The van der Waals surface area contributed by atoms with Crippen molar-refractivity contribution in [1.29, 1.82) is 0 Å². The second-order valence-corrected chi connectivity index (χ2v) is 8.26. The predicted molar refractivity (Wildman–Crippen MR) is 110 cm³/mol. The van der Waals surface area contributed by atoms with Gasteiger partial charge >= 0.3 is 0 Å². The Hall–Kier alpha value is -2.86. The van der Waals surface area contributed by atoms with Crippen LogP contribution in [0.1, 0.15) is 36.1 Å². The molecule has 0 saturated carbocycles. The molecule has 0 aliphatic heterocycles. The SMILES string of the molecule is CC1(C)c2cc3c(cc2-c2cc4ccccc4cc21)-c1ccccc1C3. The van der Waals surface area contributed by atoms with E-state index in [1.54, 1.807) is 0 Å². The standard InChI is InChI=1S/C26H20/c1-26(2)24-13-17-8-4-3-7-16(17)12-22(24)23-15-21-19(14-25(23)26)11-18-9-5-6-10-20(18)21/h3-10,12-15H,11H2,1-2H3. The van der Waals surface area contributed by atoms with Crippen molar-refractivity contribution in [3.63, 3.8) is 0 Å². The normalized spacial score (nSPS) is 15.5. The molecule has 0 fully saturated rings. The summed E-state index contributed by atoms with van der Waals surface area (Å²) in [6.45, 7) is 4.75. The summed E-state index contributed by atoms with van der Waals surface area (Å²) in [5, 5.41) is 2.67. The molecule has 4 aromatic carbocycles. The van der Waals surface area contributed by atoms with Gasteiger partial charge in [0.25, 0.3) is 0 Å². The third-order valence-corrected chi connectivity index (χ3v) is 6.45. The highest BCUT2D eigenvalue weighted by Gasteiger charge is 2.37. The van der Waals surface area contributed by atoms with E-state index in [9.17, 15) is 0 Å². The number of benzene rings is 4. The third kappa shape index (κ3) is 1.69. The van der Waals surface area contributed by atoms with Crippen molar-refractivity contribution in [2.75, 3.05) is 0 Å². The molecule has 0 nitrogen and oxygen atoms in total. The molecule has 2 aliphatic rings. The average Bonchev–Trinajstić information content (AvgIpc) is 3.12. The van der Waals surface area contributed by atoms with E-state index in [-0.39, 0.29) is 5.41 Å². The molecule has 0 amide bonds. The maximum absolute atomic E-state index is 2.48. The minimum atomic E-state index is 0.0541. The van der Waals surface area contributed by atoms with Gasteiger partial charge in [-0.15, -0.1) is 0 Å². The average molecular weight is 332 g/mol. The Morgan fingerprint density at radius 3 is 2.08 bits per heavy atom. The van der Waals surface area contributed by atoms with Crippen molar-refractivity contribution in [3.05, 3.63) is 95.1 Å². The Morgan fingerprint density at radius 1 is 0.577 bits per heavy atom.